The fourth-order valence-corrected chi connectivity index (χ4v) is 5.00. The number of phenolic OH excluding ortho intramolecular Hbond substituents is 2. The van der Waals surface area contributed by atoms with E-state index in [4.69, 9.17) is 32.2 Å². The number of phenols is 2. The van der Waals surface area contributed by atoms with Crippen LogP contribution in [0, 0.1) is 0 Å². The Labute approximate surface area is 274 Å². The van der Waals surface area contributed by atoms with Crippen LogP contribution in [0.2, 0.25) is 10.0 Å². The van der Waals surface area contributed by atoms with Crippen molar-refractivity contribution >= 4 is 42.6 Å². The van der Waals surface area contributed by atoms with Crippen molar-refractivity contribution in [3.63, 3.8) is 0 Å². The van der Waals surface area contributed by atoms with Crippen LogP contribution >= 0.6 is 31.0 Å². The Bertz CT molecular complexity index is 1490. The predicted octanol–water partition coefficient (Wildman–Crippen LogP) is 3.97. The van der Waals surface area contributed by atoms with Crippen LogP contribution in [0.15, 0.2) is 84.9 Å². The van der Waals surface area contributed by atoms with Gasteiger partial charge < -0.3 is 24.2 Å². The molecular formula is C30H24Cl2NaO8P. The molecule has 0 bridgehead atoms. The standard InChI is InChI=1S/C30H25Cl2O8P.Na/c31-21-7-1-19(2-8-21)5-15-27(33)25-13-11-23(17-29(25)35)39-41(37,38)40-24-12-14-26(30(36)18-24)28(34)16-6-20-3-9-22(32)10-4-20;/h1-4,7-14,17-18,35-36H,5-6,15-16H2,(H,37,38);/q;+1/p-1. The number of carbonyl (C=O) groups is 2. The van der Waals surface area contributed by atoms with Crippen LogP contribution in [-0.2, 0) is 17.4 Å². The van der Waals surface area contributed by atoms with Crippen molar-refractivity contribution in [2.75, 3.05) is 0 Å². The molecule has 4 aromatic carbocycles. The summed E-state index contributed by atoms with van der Waals surface area (Å²) in [7, 11) is -5.03. The molecule has 0 amide bonds. The number of carbonyl (C=O) groups excluding carboxylic acids is 2. The van der Waals surface area contributed by atoms with Crippen molar-refractivity contribution in [1.82, 2.24) is 0 Å². The molecule has 212 valence electrons. The molecule has 0 aliphatic carbocycles. The third-order valence-electron chi connectivity index (χ3n) is 6.08. The SMILES string of the molecule is O=C(CCc1ccc(Cl)cc1)c1ccc(OP(=O)([O-])Oc2ccc(C(=O)CCc3ccc(Cl)cc3)c(O)c2)cc1O.[Na+]. The molecule has 42 heavy (non-hydrogen) atoms. The zero-order valence-corrected chi connectivity index (χ0v) is 26.9. The first-order valence-electron chi connectivity index (χ1n) is 12.4. The summed E-state index contributed by atoms with van der Waals surface area (Å²) < 4.78 is 22.3. The summed E-state index contributed by atoms with van der Waals surface area (Å²) >= 11 is 11.7. The molecule has 0 atom stereocenters. The second kappa shape index (κ2) is 15.1. The van der Waals surface area contributed by atoms with E-state index >= 15 is 0 Å². The maximum Gasteiger partial charge on any atom is 1.00 e. The molecular weight excluding hydrogens is 613 g/mol. The van der Waals surface area contributed by atoms with Crippen LogP contribution in [0.25, 0.3) is 0 Å². The number of aromatic hydroxyl groups is 2. The van der Waals surface area contributed by atoms with Crippen LogP contribution in [0.5, 0.6) is 23.0 Å². The summed E-state index contributed by atoms with van der Waals surface area (Å²) in [6, 6.07) is 21.0. The van der Waals surface area contributed by atoms with Gasteiger partial charge in [0.25, 0.3) is 0 Å². The molecule has 0 fully saturated rings. The monoisotopic (exact) mass is 636 g/mol. The maximum atomic E-state index is 12.6. The Balaban J connectivity index is 0.00000484. The van der Waals surface area contributed by atoms with Gasteiger partial charge in [0.2, 0.25) is 0 Å². The van der Waals surface area contributed by atoms with Crippen molar-refractivity contribution in [2.24, 2.45) is 0 Å². The maximum absolute atomic E-state index is 12.6. The Morgan fingerprint density at radius 3 is 1.36 bits per heavy atom. The molecule has 0 heterocycles. The van der Waals surface area contributed by atoms with Crippen LogP contribution < -0.4 is 43.5 Å². The van der Waals surface area contributed by atoms with Crippen LogP contribution in [0.3, 0.4) is 0 Å². The number of hydrogen-bond acceptors (Lipinski definition) is 8. The molecule has 4 aromatic rings. The number of phosphoric acid groups is 1. The van der Waals surface area contributed by atoms with E-state index in [1.165, 1.54) is 24.3 Å². The van der Waals surface area contributed by atoms with Gasteiger partial charge in [-0.1, -0.05) is 47.5 Å². The molecule has 4 rings (SSSR count). The first-order chi connectivity index (χ1) is 19.5. The van der Waals surface area contributed by atoms with E-state index in [9.17, 15) is 29.3 Å². The van der Waals surface area contributed by atoms with E-state index in [2.05, 4.69) is 0 Å². The summed E-state index contributed by atoms with van der Waals surface area (Å²) in [4.78, 5) is 37.6. The van der Waals surface area contributed by atoms with E-state index in [0.29, 0.717) is 22.9 Å². The number of Topliss-reactive ketones (excluding diaryl/α,β-unsaturated/α-hetero) is 2. The van der Waals surface area contributed by atoms with Crippen molar-refractivity contribution in [1.29, 1.82) is 0 Å². The summed E-state index contributed by atoms with van der Waals surface area (Å²) in [5.74, 6) is -2.17. The Morgan fingerprint density at radius 1 is 0.667 bits per heavy atom. The second-order valence-electron chi connectivity index (χ2n) is 9.09. The van der Waals surface area contributed by atoms with E-state index in [1.807, 2.05) is 0 Å². The summed E-state index contributed by atoms with van der Waals surface area (Å²) in [5, 5.41) is 21.8. The fraction of sp³-hybridized carbons (Fsp3) is 0.133. The molecule has 0 aliphatic heterocycles. The van der Waals surface area contributed by atoms with E-state index < -0.39 is 19.3 Å². The smallest absolute Gasteiger partial charge is 0.736 e. The van der Waals surface area contributed by atoms with E-state index in [-0.39, 0.29) is 76.6 Å². The number of benzene rings is 4. The summed E-state index contributed by atoms with van der Waals surface area (Å²) in [5.41, 5.74) is 1.81. The van der Waals surface area contributed by atoms with Crippen molar-refractivity contribution in [2.45, 2.75) is 25.7 Å². The molecule has 0 radical (unpaired) electrons. The average Bonchev–Trinajstić information content (AvgIpc) is 2.92. The van der Waals surface area contributed by atoms with Gasteiger partial charge in [-0.25, -0.2) is 4.57 Å². The second-order valence-corrected chi connectivity index (χ2v) is 11.2. The molecule has 0 saturated carbocycles. The third kappa shape index (κ3) is 9.61. The molecule has 0 aromatic heterocycles. The fourth-order valence-electron chi connectivity index (χ4n) is 3.97. The first-order valence-corrected chi connectivity index (χ1v) is 14.6. The Hall–Kier alpha value is -2.81. The molecule has 0 unspecified atom stereocenters. The first kappa shape index (κ1) is 33.7. The van der Waals surface area contributed by atoms with Gasteiger partial charge >= 0.3 is 37.4 Å². The van der Waals surface area contributed by atoms with Gasteiger partial charge in [-0.15, -0.1) is 0 Å². The summed E-state index contributed by atoms with van der Waals surface area (Å²) in [6.45, 7) is 0. The molecule has 0 spiro atoms. The largest absolute Gasteiger partial charge is 1.00 e. The Morgan fingerprint density at radius 2 is 1.02 bits per heavy atom. The van der Waals surface area contributed by atoms with Gasteiger partial charge in [0.1, 0.15) is 23.0 Å². The molecule has 0 saturated heterocycles. The predicted molar refractivity (Wildman–Crippen MR) is 153 cm³/mol. The van der Waals surface area contributed by atoms with Gasteiger partial charge in [-0.3, -0.25) is 9.59 Å². The Kier molecular flexibility index (Phi) is 12.1. The summed E-state index contributed by atoms with van der Waals surface area (Å²) in [6.07, 6.45) is 1.08. The quantitative estimate of drug-likeness (QED) is 0.136. The van der Waals surface area contributed by atoms with Crippen LogP contribution in [-0.4, -0.2) is 21.8 Å². The number of rotatable bonds is 12. The van der Waals surface area contributed by atoms with Gasteiger partial charge in [-0.2, -0.15) is 0 Å². The number of ketones is 2. The molecule has 8 nitrogen and oxygen atoms in total. The van der Waals surface area contributed by atoms with E-state index in [1.54, 1.807) is 48.5 Å². The zero-order valence-electron chi connectivity index (χ0n) is 22.5. The van der Waals surface area contributed by atoms with Crippen LogP contribution in [0.1, 0.15) is 44.7 Å². The number of phosphoric ester groups is 1. The molecule has 0 aliphatic rings. The van der Waals surface area contributed by atoms with Gasteiger partial charge in [0.15, 0.2) is 11.6 Å². The molecule has 2 N–H and O–H groups in total. The normalized spacial score (nSPS) is 10.9. The van der Waals surface area contributed by atoms with Crippen molar-refractivity contribution < 1.29 is 67.9 Å². The number of aryl methyl sites for hydroxylation is 2. The minimum Gasteiger partial charge on any atom is -0.736 e. The van der Waals surface area contributed by atoms with Crippen LogP contribution in [0.4, 0.5) is 0 Å². The van der Waals surface area contributed by atoms with Crippen molar-refractivity contribution in [3.8, 4) is 23.0 Å². The van der Waals surface area contributed by atoms with Crippen molar-refractivity contribution in [3.05, 3.63) is 117 Å². The van der Waals surface area contributed by atoms with Gasteiger partial charge in [0.05, 0.1) is 11.1 Å². The minimum absolute atomic E-state index is 0. The number of halogens is 2. The van der Waals surface area contributed by atoms with Gasteiger partial charge in [-0.05, 0) is 72.5 Å². The topological polar surface area (TPSA) is 133 Å². The zero-order chi connectivity index (χ0) is 29.6. The molecule has 12 heteroatoms. The van der Waals surface area contributed by atoms with Gasteiger partial charge in [0, 0.05) is 35.0 Å². The average molecular weight is 637 g/mol. The minimum atomic E-state index is -5.03. The van der Waals surface area contributed by atoms with E-state index in [0.717, 1.165) is 23.3 Å². The third-order valence-corrected chi connectivity index (χ3v) is 7.45. The number of hydrogen-bond donors (Lipinski definition) is 2.